The quantitative estimate of drug-likeness (QED) is 0.863. The predicted octanol–water partition coefficient (Wildman–Crippen LogP) is 3.23. The molecule has 122 valence electrons. The summed E-state index contributed by atoms with van der Waals surface area (Å²) in [5, 5.41) is 3.75. The Hall–Kier alpha value is 0.230. The Morgan fingerprint density at radius 2 is 2.10 bits per heavy atom. The van der Waals surface area contributed by atoms with Gasteiger partial charge in [-0.1, -0.05) is 26.2 Å². The van der Waals surface area contributed by atoms with Crippen molar-refractivity contribution in [3.63, 3.8) is 0 Å². The van der Waals surface area contributed by atoms with E-state index in [4.69, 9.17) is 9.47 Å². The second-order valence-electron chi connectivity index (χ2n) is 6.91. The summed E-state index contributed by atoms with van der Waals surface area (Å²) in [6, 6.07) is 0.519. The second-order valence-corrected chi connectivity index (χ2v) is 8.06. The van der Waals surface area contributed by atoms with E-state index < -0.39 is 0 Å². The standard InChI is InChI=1S/C17H31NO2S/c1-2-18-16(15-13-21-11-10-19-15)14-6-9-20-17(12-14)7-4-3-5-8-17/h14-16,18H,2-13H2,1H3. The molecule has 3 aliphatic rings. The molecule has 4 heteroatoms. The molecule has 0 aromatic carbocycles. The summed E-state index contributed by atoms with van der Waals surface area (Å²) in [7, 11) is 0. The molecule has 1 spiro atoms. The van der Waals surface area contributed by atoms with Crippen molar-refractivity contribution in [2.24, 2.45) is 5.92 Å². The number of likely N-dealkylation sites (N-methyl/N-ethyl adjacent to an activating group) is 1. The molecule has 0 bridgehead atoms. The molecular formula is C17H31NO2S. The van der Waals surface area contributed by atoms with Crippen LogP contribution in [0.1, 0.15) is 51.9 Å². The van der Waals surface area contributed by atoms with Gasteiger partial charge in [0.05, 0.1) is 18.3 Å². The van der Waals surface area contributed by atoms with Gasteiger partial charge in [-0.15, -0.1) is 0 Å². The summed E-state index contributed by atoms with van der Waals surface area (Å²) in [6.07, 6.45) is 9.51. The summed E-state index contributed by atoms with van der Waals surface area (Å²) in [4.78, 5) is 0. The minimum absolute atomic E-state index is 0.205. The lowest BCUT2D eigenvalue weighted by Crippen LogP contribution is -2.54. The Morgan fingerprint density at radius 1 is 1.24 bits per heavy atom. The van der Waals surface area contributed by atoms with Crippen molar-refractivity contribution in [2.45, 2.75) is 69.6 Å². The van der Waals surface area contributed by atoms with Crippen molar-refractivity contribution in [3.05, 3.63) is 0 Å². The molecule has 0 radical (unpaired) electrons. The maximum absolute atomic E-state index is 6.28. The Morgan fingerprint density at radius 3 is 2.81 bits per heavy atom. The first-order chi connectivity index (χ1) is 10.3. The average Bonchev–Trinajstić information content (AvgIpc) is 2.54. The first-order valence-corrected chi connectivity index (χ1v) is 10.1. The lowest BCUT2D eigenvalue weighted by Gasteiger charge is -2.47. The molecule has 3 atom stereocenters. The predicted molar refractivity (Wildman–Crippen MR) is 89.0 cm³/mol. The van der Waals surface area contributed by atoms with Gasteiger partial charge in [-0.25, -0.2) is 0 Å². The van der Waals surface area contributed by atoms with E-state index in [9.17, 15) is 0 Å². The molecule has 2 aliphatic heterocycles. The van der Waals surface area contributed by atoms with Gasteiger partial charge in [-0.05, 0) is 38.1 Å². The van der Waals surface area contributed by atoms with Crippen molar-refractivity contribution < 1.29 is 9.47 Å². The number of thioether (sulfide) groups is 1. The van der Waals surface area contributed by atoms with Crippen LogP contribution in [0.25, 0.3) is 0 Å². The van der Waals surface area contributed by atoms with Crippen molar-refractivity contribution in [1.29, 1.82) is 0 Å². The zero-order valence-electron chi connectivity index (χ0n) is 13.4. The van der Waals surface area contributed by atoms with E-state index >= 15 is 0 Å². The van der Waals surface area contributed by atoms with Crippen molar-refractivity contribution in [1.82, 2.24) is 5.32 Å². The van der Waals surface area contributed by atoms with Crippen LogP contribution in [-0.4, -0.2) is 49.0 Å². The van der Waals surface area contributed by atoms with Gasteiger partial charge >= 0.3 is 0 Å². The zero-order valence-corrected chi connectivity index (χ0v) is 14.3. The minimum Gasteiger partial charge on any atom is -0.375 e. The van der Waals surface area contributed by atoms with E-state index in [1.807, 2.05) is 0 Å². The van der Waals surface area contributed by atoms with Gasteiger partial charge in [0, 0.05) is 24.2 Å². The maximum atomic E-state index is 6.28. The maximum Gasteiger partial charge on any atom is 0.0821 e. The summed E-state index contributed by atoms with van der Waals surface area (Å²) in [5.41, 5.74) is 0.205. The molecule has 1 saturated carbocycles. The Labute approximate surface area is 133 Å². The van der Waals surface area contributed by atoms with E-state index in [2.05, 4.69) is 24.0 Å². The molecule has 2 heterocycles. The van der Waals surface area contributed by atoms with Crippen LogP contribution in [0.15, 0.2) is 0 Å². The van der Waals surface area contributed by atoms with Gasteiger partial charge in [0.2, 0.25) is 0 Å². The van der Waals surface area contributed by atoms with Gasteiger partial charge in [0.15, 0.2) is 0 Å². The third-order valence-corrected chi connectivity index (χ3v) is 6.51. The molecular weight excluding hydrogens is 282 g/mol. The molecule has 1 N–H and O–H groups in total. The number of rotatable bonds is 4. The van der Waals surface area contributed by atoms with Crippen molar-refractivity contribution >= 4 is 11.8 Å². The normalized spacial score (nSPS) is 34.7. The van der Waals surface area contributed by atoms with Gasteiger partial charge in [-0.3, -0.25) is 0 Å². The summed E-state index contributed by atoms with van der Waals surface area (Å²) < 4.78 is 12.4. The molecule has 21 heavy (non-hydrogen) atoms. The average molecular weight is 314 g/mol. The summed E-state index contributed by atoms with van der Waals surface area (Å²) in [5.74, 6) is 3.04. The fourth-order valence-corrected chi connectivity index (χ4v) is 5.38. The fraction of sp³-hybridized carbons (Fsp3) is 1.00. The molecule has 2 saturated heterocycles. The van der Waals surface area contributed by atoms with Gasteiger partial charge < -0.3 is 14.8 Å². The summed E-state index contributed by atoms with van der Waals surface area (Å²) >= 11 is 2.05. The first-order valence-electron chi connectivity index (χ1n) is 8.90. The van der Waals surface area contributed by atoms with E-state index in [0.29, 0.717) is 12.1 Å². The van der Waals surface area contributed by atoms with Gasteiger partial charge in [0.25, 0.3) is 0 Å². The fourth-order valence-electron chi connectivity index (χ4n) is 4.47. The van der Waals surface area contributed by atoms with Crippen molar-refractivity contribution in [2.75, 3.05) is 31.3 Å². The molecule has 0 amide bonds. The lowest BCUT2D eigenvalue weighted by molar-refractivity contribution is -0.128. The largest absolute Gasteiger partial charge is 0.375 e. The molecule has 0 aromatic heterocycles. The van der Waals surface area contributed by atoms with E-state index in [1.54, 1.807) is 0 Å². The van der Waals surface area contributed by atoms with Crippen LogP contribution in [-0.2, 0) is 9.47 Å². The van der Waals surface area contributed by atoms with Crippen LogP contribution in [0, 0.1) is 5.92 Å². The van der Waals surface area contributed by atoms with Crippen LogP contribution >= 0.6 is 11.8 Å². The zero-order chi connectivity index (χ0) is 14.5. The summed E-state index contributed by atoms with van der Waals surface area (Å²) in [6.45, 7) is 5.14. The highest BCUT2D eigenvalue weighted by Crippen LogP contribution is 2.42. The third-order valence-electron chi connectivity index (χ3n) is 5.49. The molecule has 3 unspecified atom stereocenters. The third kappa shape index (κ3) is 3.95. The molecule has 1 aliphatic carbocycles. The molecule has 3 nitrogen and oxygen atoms in total. The SMILES string of the molecule is CCNC(C1CCOC2(CCCCC2)C1)C1CSCCO1. The van der Waals surface area contributed by atoms with E-state index in [1.165, 1.54) is 44.9 Å². The van der Waals surface area contributed by atoms with Crippen LogP contribution in [0.4, 0.5) is 0 Å². The monoisotopic (exact) mass is 313 g/mol. The van der Waals surface area contributed by atoms with E-state index in [0.717, 1.165) is 37.2 Å². The number of nitrogens with one attached hydrogen (secondary N) is 1. The second kappa shape index (κ2) is 7.67. The van der Waals surface area contributed by atoms with Gasteiger partial charge in [-0.2, -0.15) is 11.8 Å². The molecule has 3 rings (SSSR count). The molecule has 0 aromatic rings. The Balaban J connectivity index is 1.66. The number of hydrogen-bond acceptors (Lipinski definition) is 4. The van der Waals surface area contributed by atoms with Gasteiger partial charge in [0.1, 0.15) is 0 Å². The Kier molecular flexibility index (Phi) is 5.88. The Bertz CT molecular complexity index is 308. The van der Waals surface area contributed by atoms with E-state index in [-0.39, 0.29) is 5.60 Å². The molecule has 3 fully saturated rings. The van der Waals surface area contributed by atoms with Crippen LogP contribution < -0.4 is 5.32 Å². The van der Waals surface area contributed by atoms with Crippen LogP contribution in [0.5, 0.6) is 0 Å². The lowest BCUT2D eigenvalue weighted by atomic mass is 9.73. The smallest absolute Gasteiger partial charge is 0.0821 e. The highest BCUT2D eigenvalue weighted by molar-refractivity contribution is 7.99. The first kappa shape index (κ1) is 16.1. The van der Waals surface area contributed by atoms with Crippen LogP contribution in [0.2, 0.25) is 0 Å². The number of ether oxygens (including phenoxy) is 2. The number of hydrogen-bond donors (Lipinski definition) is 1. The topological polar surface area (TPSA) is 30.5 Å². The minimum atomic E-state index is 0.205. The highest BCUT2D eigenvalue weighted by atomic mass is 32.2. The van der Waals surface area contributed by atoms with Crippen LogP contribution in [0.3, 0.4) is 0 Å². The highest BCUT2D eigenvalue weighted by Gasteiger charge is 2.42. The van der Waals surface area contributed by atoms with Crippen molar-refractivity contribution in [3.8, 4) is 0 Å².